The molecule has 5 rings (SSSR count). The number of nitrogens with one attached hydrogen (secondary N) is 2. The third kappa shape index (κ3) is 6.77. The smallest absolute Gasteiger partial charge is 0.319 e. The first-order valence-corrected chi connectivity index (χ1v) is 13.9. The van der Waals surface area contributed by atoms with Gasteiger partial charge in [0.15, 0.2) is 6.29 Å². The number of carbonyl (C=O) groups is 1. The van der Waals surface area contributed by atoms with Crippen LogP contribution in [-0.2, 0) is 16.1 Å². The minimum Gasteiger partial charge on any atom is -0.508 e. The van der Waals surface area contributed by atoms with Gasteiger partial charge in [-0.3, -0.25) is 0 Å². The lowest BCUT2D eigenvalue weighted by Crippen LogP contribution is -2.31. The number of rotatable bonds is 9. The van der Waals surface area contributed by atoms with Crippen molar-refractivity contribution in [1.82, 2.24) is 25.5 Å². The Morgan fingerprint density at radius 3 is 2.45 bits per heavy atom. The summed E-state index contributed by atoms with van der Waals surface area (Å²) < 4.78 is 14.4. The topological polar surface area (TPSA) is 144 Å². The second-order valence-corrected chi connectivity index (χ2v) is 10.1. The number of benzene rings is 3. The molecule has 0 radical (unpaired) electrons. The lowest BCUT2D eigenvalue weighted by molar-refractivity contribution is -0.245. The molecule has 208 valence electrons. The normalized spacial score (nSPS) is 18.8. The van der Waals surface area contributed by atoms with Crippen molar-refractivity contribution in [2.24, 2.45) is 0 Å². The zero-order valence-electron chi connectivity index (χ0n) is 21.8. The van der Waals surface area contributed by atoms with Crippen LogP contribution >= 0.6 is 11.8 Å². The average molecular weight is 563 g/mol. The summed E-state index contributed by atoms with van der Waals surface area (Å²) in [5, 5.41) is 37.2. The quantitative estimate of drug-likeness (QED) is 0.219. The number of aliphatic hydroxyl groups is 1. The van der Waals surface area contributed by atoms with Gasteiger partial charge in [-0.25, -0.2) is 4.79 Å². The molecule has 2 amide bonds. The first-order valence-electron chi connectivity index (χ1n) is 12.9. The van der Waals surface area contributed by atoms with E-state index in [0.717, 1.165) is 22.4 Å². The summed E-state index contributed by atoms with van der Waals surface area (Å²) >= 11 is 1.47. The number of thioether (sulfide) groups is 1. The van der Waals surface area contributed by atoms with Crippen molar-refractivity contribution in [3.05, 3.63) is 89.5 Å². The first-order chi connectivity index (χ1) is 19.5. The SMILES string of the molecule is CCNC(=O)Nc1ccc([C@H]2O[C@@H](CSc3nnnn3-c3ccc(O)cc3)C[C@@H](c3ccc(CO)cc3)O2)cc1. The summed E-state index contributed by atoms with van der Waals surface area (Å²) in [5.74, 6) is 0.735. The zero-order valence-corrected chi connectivity index (χ0v) is 22.6. The standard InChI is InChI=1S/C28H30N6O5S/c1-2-29-27(37)30-21-9-7-20(8-10-21)26-38-24(15-25(39-26)19-5-3-18(16-35)4-6-19)17-40-28-31-32-33-34(28)22-11-13-23(36)14-12-22/h3-14,24-26,35-36H,2,15-17H2,1H3,(H2,29,30,37)/t24-,25+,26+/m1/s1. The molecule has 1 aliphatic heterocycles. The number of phenolic OH excluding ortho intramolecular Hbond substituents is 1. The molecule has 0 spiro atoms. The highest BCUT2D eigenvalue weighted by Gasteiger charge is 2.32. The van der Waals surface area contributed by atoms with E-state index in [1.165, 1.54) is 11.8 Å². The van der Waals surface area contributed by atoms with E-state index < -0.39 is 6.29 Å². The van der Waals surface area contributed by atoms with Gasteiger partial charge in [-0.1, -0.05) is 48.2 Å². The van der Waals surface area contributed by atoms with E-state index in [0.29, 0.717) is 29.6 Å². The molecule has 12 heteroatoms. The van der Waals surface area contributed by atoms with Gasteiger partial charge in [0.05, 0.1) is 24.5 Å². The van der Waals surface area contributed by atoms with Crippen molar-refractivity contribution in [3.8, 4) is 11.4 Å². The summed E-state index contributed by atoms with van der Waals surface area (Å²) in [4.78, 5) is 11.9. The van der Waals surface area contributed by atoms with Crippen molar-refractivity contribution >= 4 is 23.5 Å². The third-order valence-electron chi connectivity index (χ3n) is 6.33. The van der Waals surface area contributed by atoms with Crippen LogP contribution in [0, 0.1) is 0 Å². The van der Waals surface area contributed by atoms with Crippen LogP contribution in [0.5, 0.6) is 5.75 Å². The van der Waals surface area contributed by atoms with Gasteiger partial charge in [0, 0.05) is 30.0 Å². The number of phenols is 1. The fourth-order valence-electron chi connectivity index (χ4n) is 4.27. The Morgan fingerprint density at radius 1 is 1.02 bits per heavy atom. The number of aromatic nitrogens is 4. The highest BCUT2D eigenvalue weighted by Crippen LogP contribution is 2.39. The molecule has 40 heavy (non-hydrogen) atoms. The van der Waals surface area contributed by atoms with Crippen molar-refractivity contribution in [2.45, 2.75) is 43.6 Å². The number of urea groups is 1. The number of anilines is 1. The molecule has 0 bridgehead atoms. The van der Waals surface area contributed by atoms with Gasteiger partial charge in [0.1, 0.15) is 5.75 Å². The fourth-order valence-corrected chi connectivity index (χ4v) is 5.18. The van der Waals surface area contributed by atoms with Crippen molar-refractivity contribution < 1.29 is 24.5 Å². The average Bonchev–Trinajstić information content (AvgIpc) is 3.45. The number of ether oxygens (including phenoxy) is 2. The monoisotopic (exact) mass is 562 g/mol. The molecule has 1 aliphatic rings. The number of nitrogens with zero attached hydrogens (tertiary/aromatic N) is 4. The molecular weight excluding hydrogens is 532 g/mol. The molecule has 1 aromatic heterocycles. The Hall–Kier alpha value is -3.97. The second-order valence-electron chi connectivity index (χ2n) is 9.16. The fraction of sp³-hybridized carbons (Fsp3) is 0.286. The van der Waals surface area contributed by atoms with Crippen LogP contribution in [-0.4, -0.2) is 54.9 Å². The molecule has 11 nitrogen and oxygen atoms in total. The Bertz CT molecular complexity index is 1400. The molecule has 4 N–H and O–H groups in total. The van der Waals surface area contributed by atoms with Crippen LogP contribution in [0.25, 0.3) is 5.69 Å². The minimum atomic E-state index is -0.631. The second kappa shape index (κ2) is 12.9. The molecule has 1 saturated heterocycles. The number of carbonyl (C=O) groups excluding carboxylic acids is 1. The predicted octanol–water partition coefficient (Wildman–Crippen LogP) is 4.34. The van der Waals surface area contributed by atoms with Crippen LogP contribution in [0.1, 0.15) is 42.4 Å². The van der Waals surface area contributed by atoms with Gasteiger partial charge in [-0.05, 0) is 64.9 Å². The van der Waals surface area contributed by atoms with Gasteiger partial charge >= 0.3 is 6.03 Å². The summed E-state index contributed by atoms with van der Waals surface area (Å²) in [5.41, 5.74) is 4.04. The van der Waals surface area contributed by atoms with Crippen LogP contribution in [0.15, 0.2) is 78.0 Å². The Morgan fingerprint density at radius 2 is 1.75 bits per heavy atom. The van der Waals surface area contributed by atoms with Crippen molar-refractivity contribution in [2.75, 3.05) is 17.6 Å². The van der Waals surface area contributed by atoms with Gasteiger partial charge in [0.2, 0.25) is 5.16 Å². The molecule has 0 saturated carbocycles. The Kier molecular flexibility index (Phi) is 8.91. The summed E-state index contributed by atoms with van der Waals surface area (Å²) in [7, 11) is 0. The van der Waals surface area contributed by atoms with E-state index in [4.69, 9.17) is 9.47 Å². The summed E-state index contributed by atoms with van der Waals surface area (Å²) in [6.07, 6.45) is -0.448. The third-order valence-corrected chi connectivity index (χ3v) is 7.38. The maximum Gasteiger partial charge on any atom is 0.319 e. The number of tetrazole rings is 1. The summed E-state index contributed by atoms with van der Waals surface area (Å²) in [6, 6.07) is 21.5. The maximum atomic E-state index is 11.9. The molecular formula is C28H30N6O5S. The van der Waals surface area contributed by atoms with E-state index in [1.54, 1.807) is 28.9 Å². The van der Waals surface area contributed by atoms with E-state index in [1.807, 2.05) is 55.5 Å². The van der Waals surface area contributed by atoms with E-state index in [-0.39, 0.29) is 30.6 Å². The number of amides is 2. The molecule has 0 unspecified atom stereocenters. The first kappa shape index (κ1) is 27.6. The van der Waals surface area contributed by atoms with Crippen LogP contribution < -0.4 is 10.6 Å². The van der Waals surface area contributed by atoms with Gasteiger partial charge in [-0.15, -0.1) is 5.10 Å². The highest BCUT2D eigenvalue weighted by atomic mass is 32.2. The van der Waals surface area contributed by atoms with Crippen LogP contribution in [0.2, 0.25) is 0 Å². The van der Waals surface area contributed by atoms with Gasteiger partial charge in [0.25, 0.3) is 0 Å². The molecule has 3 atom stereocenters. The van der Waals surface area contributed by atoms with E-state index in [9.17, 15) is 15.0 Å². The number of hydrogen-bond donors (Lipinski definition) is 4. The minimum absolute atomic E-state index is 0.0246. The number of aliphatic hydroxyl groups excluding tert-OH is 1. The lowest BCUT2D eigenvalue weighted by atomic mass is 10.0. The summed E-state index contributed by atoms with van der Waals surface area (Å²) in [6.45, 7) is 2.37. The number of aromatic hydroxyl groups is 1. The van der Waals surface area contributed by atoms with Crippen LogP contribution in [0.4, 0.5) is 10.5 Å². The lowest BCUT2D eigenvalue weighted by Gasteiger charge is -2.36. The van der Waals surface area contributed by atoms with Crippen LogP contribution in [0.3, 0.4) is 0 Å². The zero-order chi connectivity index (χ0) is 27.9. The molecule has 0 aliphatic carbocycles. The molecule has 3 aromatic carbocycles. The predicted molar refractivity (Wildman–Crippen MR) is 149 cm³/mol. The van der Waals surface area contributed by atoms with E-state index in [2.05, 4.69) is 26.2 Å². The number of hydrogen-bond acceptors (Lipinski definition) is 9. The molecule has 1 fully saturated rings. The Labute approximate surface area is 235 Å². The van der Waals surface area contributed by atoms with Crippen molar-refractivity contribution in [3.63, 3.8) is 0 Å². The molecule has 2 heterocycles. The van der Waals surface area contributed by atoms with Gasteiger partial charge in [-0.2, -0.15) is 4.68 Å². The largest absolute Gasteiger partial charge is 0.508 e. The highest BCUT2D eigenvalue weighted by molar-refractivity contribution is 7.99. The maximum absolute atomic E-state index is 11.9. The molecule has 4 aromatic rings. The van der Waals surface area contributed by atoms with Crippen molar-refractivity contribution in [1.29, 1.82) is 0 Å². The van der Waals surface area contributed by atoms with E-state index >= 15 is 0 Å². The van der Waals surface area contributed by atoms with Gasteiger partial charge < -0.3 is 30.3 Å². The Balaban J connectivity index is 1.33.